The van der Waals surface area contributed by atoms with E-state index in [4.69, 9.17) is 14.2 Å². The molecule has 0 rings (SSSR count). The number of hydrogen-bond donors (Lipinski definition) is 0. The molecule has 0 aromatic heterocycles. The summed E-state index contributed by atoms with van der Waals surface area (Å²) in [4.78, 5) is 11.2. The molecule has 0 heterocycles. The molecular formula is C12H24O4. The van der Waals surface area contributed by atoms with Crippen LogP contribution in [0, 0.1) is 5.92 Å². The molecule has 96 valence electrons. The van der Waals surface area contributed by atoms with Crippen LogP contribution < -0.4 is 0 Å². The van der Waals surface area contributed by atoms with Gasteiger partial charge in [-0.1, -0.05) is 13.3 Å². The zero-order valence-electron chi connectivity index (χ0n) is 10.7. The third kappa shape index (κ3) is 8.68. The van der Waals surface area contributed by atoms with Gasteiger partial charge in [0, 0.05) is 6.61 Å². The number of rotatable bonds is 10. The number of carbonyl (C=O) groups is 1. The first-order valence-corrected chi connectivity index (χ1v) is 6.04. The molecule has 0 saturated heterocycles. The van der Waals surface area contributed by atoms with E-state index in [1.807, 2.05) is 0 Å². The second-order valence-electron chi connectivity index (χ2n) is 3.69. The Balaban J connectivity index is 3.27. The first-order chi connectivity index (χ1) is 7.72. The molecule has 0 aliphatic heterocycles. The lowest BCUT2D eigenvalue weighted by Crippen LogP contribution is -2.20. The van der Waals surface area contributed by atoms with Gasteiger partial charge >= 0.3 is 5.97 Å². The summed E-state index contributed by atoms with van der Waals surface area (Å²) in [6.07, 6.45) is 2.22. The van der Waals surface area contributed by atoms with Gasteiger partial charge in [-0.05, 0) is 20.3 Å². The van der Waals surface area contributed by atoms with Crippen LogP contribution in [0.25, 0.3) is 0 Å². The fraction of sp³-hybridized carbons (Fsp3) is 0.917. The number of carbonyl (C=O) groups excluding carboxylic acids is 1. The van der Waals surface area contributed by atoms with Gasteiger partial charge in [-0.2, -0.15) is 0 Å². The molecule has 0 amide bonds. The number of ether oxygens (including phenoxy) is 3. The monoisotopic (exact) mass is 232 g/mol. The molecular weight excluding hydrogens is 208 g/mol. The minimum atomic E-state index is -0.200. The van der Waals surface area contributed by atoms with Gasteiger partial charge in [-0.25, -0.2) is 0 Å². The average molecular weight is 232 g/mol. The van der Waals surface area contributed by atoms with Crippen molar-refractivity contribution in [1.82, 2.24) is 0 Å². The predicted octanol–water partition coefficient (Wildman–Crippen LogP) is 2.02. The highest BCUT2D eigenvalue weighted by Crippen LogP contribution is 1.99. The van der Waals surface area contributed by atoms with Gasteiger partial charge in [0.2, 0.25) is 0 Å². The van der Waals surface area contributed by atoms with Crippen LogP contribution in [0.4, 0.5) is 0 Å². The van der Waals surface area contributed by atoms with E-state index in [2.05, 4.69) is 6.92 Å². The van der Waals surface area contributed by atoms with Crippen molar-refractivity contribution in [3.63, 3.8) is 0 Å². The van der Waals surface area contributed by atoms with Gasteiger partial charge in [0.05, 0.1) is 32.3 Å². The molecule has 0 aliphatic carbocycles. The summed E-state index contributed by atoms with van der Waals surface area (Å²) in [6.45, 7) is 8.46. The largest absolute Gasteiger partial charge is 0.466 e. The lowest BCUT2D eigenvalue weighted by molar-refractivity contribution is -0.149. The van der Waals surface area contributed by atoms with E-state index in [1.54, 1.807) is 13.8 Å². The normalized spacial score (nSPS) is 12.4. The van der Waals surface area contributed by atoms with Crippen LogP contribution in [0.1, 0.15) is 33.6 Å². The van der Waals surface area contributed by atoms with E-state index in [1.165, 1.54) is 0 Å². The maximum Gasteiger partial charge on any atom is 0.310 e. The van der Waals surface area contributed by atoms with Crippen LogP contribution in [0.5, 0.6) is 0 Å². The van der Waals surface area contributed by atoms with Crippen molar-refractivity contribution in [2.24, 2.45) is 5.92 Å². The predicted molar refractivity (Wildman–Crippen MR) is 62.3 cm³/mol. The highest BCUT2D eigenvalue weighted by atomic mass is 16.5. The summed E-state index contributed by atoms with van der Waals surface area (Å²) in [6, 6.07) is 0. The zero-order valence-corrected chi connectivity index (χ0v) is 10.7. The lowest BCUT2D eigenvalue weighted by Gasteiger charge is -2.11. The standard InChI is InChI=1S/C12H24O4/c1-4-6-7-14-8-9-15-10-11(3)12(13)16-5-2/h11H,4-10H2,1-3H3. The van der Waals surface area contributed by atoms with Crippen LogP contribution >= 0.6 is 0 Å². The van der Waals surface area contributed by atoms with Crippen molar-refractivity contribution in [3.8, 4) is 0 Å². The number of unbranched alkanes of at least 4 members (excludes halogenated alkanes) is 1. The molecule has 16 heavy (non-hydrogen) atoms. The van der Waals surface area contributed by atoms with Crippen LogP contribution in [-0.4, -0.2) is 39.0 Å². The quantitative estimate of drug-likeness (QED) is 0.427. The van der Waals surface area contributed by atoms with E-state index < -0.39 is 0 Å². The second kappa shape index (κ2) is 10.9. The van der Waals surface area contributed by atoms with E-state index in [0.717, 1.165) is 19.4 Å². The highest BCUT2D eigenvalue weighted by Gasteiger charge is 2.13. The minimum absolute atomic E-state index is 0.199. The van der Waals surface area contributed by atoms with E-state index in [9.17, 15) is 4.79 Å². The summed E-state index contributed by atoms with van der Waals surface area (Å²) in [7, 11) is 0. The maximum atomic E-state index is 11.2. The average Bonchev–Trinajstić information content (AvgIpc) is 2.28. The molecule has 1 atom stereocenters. The van der Waals surface area contributed by atoms with Gasteiger partial charge in [-0.3, -0.25) is 4.79 Å². The molecule has 0 aromatic carbocycles. The fourth-order valence-corrected chi connectivity index (χ4v) is 1.08. The molecule has 0 N–H and O–H groups in total. The first kappa shape index (κ1) is 15.4. The van der Waals surface area contributed by atoms with Gasteiger partial charge < -0.3 is 14.2 Å². The van der Waals surface area contributed by atoms with Crippen molar-refractivity contribution in [2.45, 2.75) is 33.6 Å². The van der Waals surface area contributed by atoms with Crippen molar-refractivity contribution in [3.05, 3.63) is 0 Å². The van der Waals surface area contributed by atoms with Crippen LogP contribution in [0.3, 0.4) is 0 Å². The van der Waals surface area contributed by atoms with Crippen molar-refractivity contribution in [1.29, 1.82) is 0 Å². The molecule has 0 saturated carbocycles. The Morgan fingerprint density at radius 3 is 2.44 bits per heavy atom. The van der Waals surface area contributed by atoms with Gasteiger partial charge in [0.25, 0.3) is 0 Å². The van der Waals surface area contributed by atoms with E-state index in [0.29, 0.717) is 26.4 Å². The Kier molecular flexibility index (Phi) is 10.5. The first-order valence-electron chi connectivity index (χ1n) is 6.04. The van der Waals surface area contributed by atoms with Gasteiger partial charge in [0.1, 0.15) is 0 Å². The second-order valence-corrected chi connectivity index (χ2v) is 3.69. The smallest absolute Gasteiger partial charge is 0.310 e. The van der Waals surface area contributed by atoms with Crippen molar-refractivity contribution < 1.29 is 19.0 Å². The Hall–Kier alpha value is -0.610. The summed E-state index contributed by atoms with van der Waals surface area (Å²) in [5.74, 6) is -0.398. The third-order valence-corrected chi connectivity index (χ3v) is 2.07. The molecule has 0 radical (unpaired) electrons. The highest BCUT2D eigenvalue weighted by molar-refractivity contribution is 5.72. The van der Waals surface area contributed by atoms with Crippen molar-refractivity contribution >= 4 is 5.97 Å². The molecule has 4 nitrogen and oxygen atoms in total. The summed E-state index contributed by atoms with van der Waals surface area (Å²) in [5, 5.41) is 0. The summed E-state index contributed by atoms with van der Waals surface area (Å²) in [5.41, 5.74) is 0. The molecule has 0 aromatic rings. The molecule has 0 aliphatic rings. The molecule has 0 spiro atoms. The van der Waals surface area contributed by atoms with Crippen molar-refractivity contribution in [2.75, 3.05) is 33.0 Å². The van der Waals surface area contributed by atoms with Gasteiger partial charge in [-0.15, -0.1) is 0 Å². The maximum absolute atomic E-state index is 11.2. The Morgan fingerprint density at radius 1 is 1.12 bits per heavy atom. The Bertz CT molecular complexity index is 170. The Labute approximate surface area is 98.3 Å². The number of esters is 1. The minimum Gasteiger partial charge on any atom is -0.466 e. The van der Waals surface area contributed by atoms with Crippen LogP contribution in [0.15, 0.2) is 0 Å². The zero-order chi connectivity index (χ0) is 12.2. The fourth-order valence-electron chi connectivity index (χ4n) is 1.08. The molecule has 4 heteroatoms. The van der Waals surface area contributed by atoms with E-state index in [-0.39, 0.29) is 11.9 Å². The Morgan fingerprint density at radius 2 is 1.81 bits per heavy atom. The van der Waals surface area contributed by atoms with E-state index >= 15 is 0 Å². The summed E-state index contributed by atoms with van der Waals surface area (Å²) < 4.78 is 15.5. The third-order valence-electron chi connectivity index (χ3n) is 2.07. The SMILES string of the molecule is CCCCOCCOCC(C)C(=O)OCC. The van der Waals surface area contributed by atoms with Crippen LogP contribution in [-0.2, 0) is 19.0 Å². The van der Waals surface area contributed by atoms with Crippen LogP contribution in [0.2, 0.25) is 0 Å². The molecule has 0 fully saturated rings. The summed E-state index contributed by atoms with van der Waals surface area (Å²) >= 11 is 0. The topological polar surface area (TPSA) is 44.8 Å². The lowest BCUT2D eigenvalue weighted by atomic mass is 10.2. The molecule has 0 bridgehead atoms. The molecule has 1 unspecified atom stereocenters. The number of hydrogen-bond acceptors (Lipinski definition) is 4. The van der Waals surface area contributed by atoms with Gasteiger partial charge in [0.15, 0.2) is 0 Å².